The second-order valence-corrected chi connectivity index (χ2v) is 4.76. The number of rotatable bonds is 1. The topological polar surface area (TPSA) is 15.6 Å². The standard InChI is InChI=1S/C16H16N2/c1-12-9-13(2)11-14(10-12)18-8-7-17-15-5-3-4-6-16(15)18/h3-7,9-11H,8H2,1-2H3. The van der Waals surface area contributed by atoms with Crippen LogP contribution in [0.5, 0.6) is 0 Å². The monoisotopic (exact) mass is 236 g/mol. The van der Waals surface area contributed by atoms with Crippen molar-refractivity contribution in [3.05, 3.63) is 53.6 Å². The Morgan fingerprint density at radius 3 is 2.50 bits per heavy atom. The summed E-state index contributed by atoms with van der Waals surface area (Å²) in [7, 11) is 0. The van der Waals surface area contributed by atoms with Crippen molar-refractivity contribution in [2.45, 2.75) is 13.8 Å². The molecule has 2 heteroatoms. The predicted molar refractivity (Wildman–Crippen MR) is 77.5 cm³/mol. The fourth-order valence-electron chi connectivity index (χ4n) is 2.47. The van der Waals surface area contributed by atoms with Crippen molar-refractivity contribution in [2.24, 2.45) is 4.99 Å². The Bertz CT molecular complexity index is 594. The Morgan fingerprint density at radius 1 is 1.00 bits per heavy atom. The van der Waals surface area contributed by atoms with Crippen LogP contribution in [0, 0.1) is 13.8 Å². The maximum atomic E-state index is 4.45. The molecule has 2 nitrogen and oxygen atoms in total. The number of benzene rings is 2. The first-order valence-electron chi connectivity index (χ1n) is 6.21. The molecule has 0 saturated carbocycles. The van der Waals surface area contributed by atoms with Crippen molar-refractivity contribution in [1.29, 1.82) is 0 Å². The van der Waals surface area contributed by atoms with Gasteiger partial charge in [-0.05, 0) is 49.2 Å². The van der Waals surface area contributed by atoms with E-state index >= 15 is 0 Å². The summed E-state index contributed by atoms with van der Waals surface area (Å²) >= 11 is 0. The van der Waals surface area contributed by atoms with Crippen molar-refractivity contribution in [3.63, 3.8) is 0 Å². The zero-order valence-corrected chi connectivity index (χ0v) is 10.7. The minimum atomic E-state index is 0.833. The SMILES string of the molecule is Cc1cc(C)cc(N2CC=Nc3ccccc32)c1. The summed E-state index contributed by atoms with van der Waals surface area (Å²) in [4.78, 5) is 6.75. The van der Waals surface area contributed by atoms with Crippen LogP contribution >= 0.6 is 0 Å². The van der Waals surface area contributed by atoms with E-state index in [1.807, 2.05) is 12.3 Å². The average molecular weight is 236 g/mol. The maximum Gasteiger partial charge on any atom is 0.0863 e. The molecule has 0 aromatic heterocycles. The van der Waals surface area contributed by atoms with Gasteiger partial charge in [-0.25, -0.2) is 0 Å². The summed E-state index contributed by atoms with van der Waals surface area (Å²) in [5.41, 5.74) is 6.06. The van der Waals surface area contributed by atoms with E-state index in [1.54, 1.807) is 0 Å². The van der Waals surface area contributed by atoms with Gasteiger partial charge >= 0.3 is 0 Å². The zero-order chi connectivity index (χ0) is 12.5. The lowest BCUT2D eigenvalue weighted by molar-refractivity contribution is 1.11. The Hall–Kier alpha value is -2.09. The lowest BCUT2D eigenvalue weighted by atomic mass is 10.1. The number of anilines is 2. The zero-order valence-electron chi connectivity index (χ0n) is 10.7. The lowest BCUT2D eigenvalue weighted by Gasteiger charge is -2.28. The van der Waals surface area contributed by atoms with Crippen molar-refractivity contribution < 1.29 is 0 Å². The third-order valence-corrected chi connectivity index (χ3v) is 3.19. The maximum absolute atomic E-state index is 4.45. The molecule has 2 aromatic carbocycles. The molecule has 0 bridgehead atoms. The summed E-state index contributed by atoms with van der Waals surface area (Å²) in [5.74, 6) is 0. The van der Waals surface area contributed by atoms with E-state index in [-0.39, 0.29) is 0 Å². The fourth-order valence-corrected chi connectivity index (χ4v) is 2.47. The second kappa shape index (κ2) is 4.30. The normalized spacial score (nSPS) is 13.6. The van der Waals surface area contributed by atoms with Gasteiger partial charge in [0.15, 0.2) is 0 Å². The van der Waals surface area contributed by atoms with Crippen molar-refractivity contribution in [3.8, 4) is 0 Å². The molecule has 0 unspecified atom stereocenters. The van der Waals surface area contributed by atoms with Crippen molar-refractivity contribution in [2.75, 3.05) is 11.4 Å². The van der Waals surface area contributed by atoms with E-state index in [9.17, 15) is 0 Å². The quantitative estimate of drug-likeness (QED) is 0.726. The van der Waals surface area contributed by atoms with Gasteiger partial charge in [-0.1, -0.05) is 18.2 Å². The minimum Gasteiger partial charge on any atom is -0.334 e. The molecule has 1 aliphatic rings. The molecule has 0 saturated heterocycles. The second-order valence-electron chi connectivity index (χ2n) is 4.76. The number of hydrogen-bond acceptors (Lipinski definition) is 2. The first-order chi connectivity index (χ1) is 8.74. The molecule has 18 heavy (non-hydrogen) atoms. The van der Waals surface area contributed by atoms with E-state index in [0.29, 0.717) is 0 Å². The molecule has 0 radical (unpaired) electrons. The Balaban J connectivity index is 2.10. The van der Waals surface area contributed by atoms with Gasteiger partial charge in [0.2, 0.25) is 0 Å². The molecule has 1 heterocycles. The van der Waals surface area contributed by atoms with E-state index in [0.717, 1.165) is 12.2 Å². The Kier molecular flexibility index (Phi) is 2.63. The molecule has 90 valence electrons. The van der Waals surface area contributed by atoms with Gasteiger partial charge in [0.05, 0.1) is 17.9 Å². The number of aliphatic imine (C=N–C) groups is 1. The van der Waals surface area contributed by atoms with Crippen LogP contribution in [0.15, 0.2) is 47.5 Å². The number of para-hydroxylation sites is 2. The van der Waals surface area contributed by atoms with Crippen molar-refractivity contribution >= 4 is 23.3 Å². The first-order valence-corrected chi connectivity index (χ1v) is 6.21. The Morgan fingerprint density at radius 2 is 1.72 bits per heavy atom. The first kappa shape index (κ1) is 11.0. The van der Waals surface area contributed by atoms with Gasteiger partial charge in [-0.2, -0.15) is 0 Å². The van der Waals surface area contributed by atoms with Gasteiger partial charge in [0.25, 0.3) is 0 Å². The van der Waals surface area contributed by atoms with Crippen LogP contribution in [0.4, 0.5) is 17.1 Å². The molecule has 2 aromatic rings. The molecule has 0 atom stereocenters. The predicted octanol–water partition coefficient (Wildman–Crippen LogP) is 4.16. The Labute approximate surface area is 108 Å². The largest absolute Gasteiger partial charge is 0.334 e. The number of hydrogen-bond donors (Lipinski definition) is 0. The summed E-state index contributed by atoms with van der Waals surface area (Å²) in [5, 5.41) is 0. The van der Waals surface area contributed by atoms with Crippen LogP contribution in [-0.4, -0.2) is 12.8 Å². The van der Waals surface area contributed by atoms with Crippen LogP contribution in [0.1, 0.15) is 11.1 Å². The third kappa shape index (κ3) is 1.90. The van der Waals surface area contributed by atoms with E-state index in [2.05, 4.69) is 60.1 Å². The van der Waals surface area contributed by atoms with Crippen LogP contribution in [0.2, 0.25) is 0 Å². The molecule has 0 aliphatic carbocycles. The van der Waals surface area contributed by atoms with Gasteiger partial charge in [-0.3, -0.25) is 4.99 Å². The van der Waals surface area contributed by atoms with Gasteiger partial charge < -0.3 is 4.90 Å². The van der Waals surface area contributed by atoms with E-state index < -0.39 is 0 Å². The highest BCUT2D eigenvalue weighted by molar-refractivity contribution is 5.86. The smallest absolute Gasteiger partial charge is 0.0863 e. The molecule has 0 amide bonds. The van der Waals surface area contributed by atoms with Crippen LogP contribution in [-0.2, 0) is 0 Å². The molecule has 1 aliphatic heterocycles. The lowest BCUT2D eigenvalue weighted by Crippen LogP contribution is -2.22. The van der Waals surface area contributed by atoms with E-state index in [1.165, 1.54) is 22.5 Å². The van der Waals surface area contributed by atoms with Crippen molar-refractivity contribution in [1.82, 2.24) is 0 Å². The molecule has 0 N–H and O–H groups in total. The summed E-state index contributed by atoms with van der Waals surface area (Å²) in [6.45, 7) is 5.11. The number of aryl methyl sites for hydroxylation is 2. The highest BCUT2D eigenvalue weighted by Crippen LogP contribution is 2.36. The number of fused-ring (bicyclic) bond motifs is 1. The molecule has 0 fully saturated rings. The van der Waals surface area contributed by atoms with Gasteiger partial charge in [-0.15, -0.1) is 0 Å². The summed E-state index contributed by atoms with van der Waals surface area (Å²) in [6.07, 6.45) is 1.97. The van der Waals surface area contributed by atoms with Crippen LogP contribution in [0.3, 0.4) is 0 Å². The summed E-state index contributed by atoms with van der Waals surface area (Å²) < 4.78 is 0. The van der Waals surface area contributed by atoms with Gasteiger partial charge in [0, 0.05) is 11.9 Å². The molecular formula is C16H16N2. The van der Waals surface area contributed by atoms with Crippen LogP contribution < -0.4 is 4.90 Å². The fraction of sp³-hybridized carbons (Fsp3) is 0.188. The van der Waals surface area contributed by atoms with Gasteiger partial charge in [0.1, 0.15) is 0 Å². The third-order valence-electron chi connectivity index (χ3n) is 3.19. The average Bonchev–Trinajstić information content (AvgIpc) is 2.37. The molecular weight excluding hydrogens is 220 g/mol. The molecule has 3 rings (SSSR count). The highest BCUT2D eigenvalue weighted by Gasteiger charge is 2.15. The number of nitrogens with zero attached hydrogens (tertiary/aromatic N) is 2. The molecule has 0 spiro atoms. The van der Waals surface area contributed by atoms with E-state index in [4.69, 9.17) is 0 Å². The minimum absolute atomic E-state index is 0.833. The van der Waals surface area contributed by atoms with Crippen LogP contribution in [0.25, 0.3) is 0 Å². The summed E-state index contributed by atoms with van der Waals surface area (Å²) in [6, 6.07) is 14.9. The highest BCUT2D eigenvalue weighted by atomic mass is 15.2.